The maximum atomic E-state index is 5.79. The largest absolute Gasteiger partial charge is 0.509 e. The van der Waals surface area contributed by atoms with E-state index in [1.54, 1.807) is 0 Å². The van der Waals surface area contributed by atoms with E-state index in [1.807, 2.05) is 102 Å². The normalized spacial score (nSPS) is 12.0. The molecule has 0 N–H and O–H groups in total. The van der Waals surface area contributed by atoms with Crippen LogP contribution in [0, 0.1) is 14.3 Å². The molecule has 0 atom stereocenters. The molecule has 4 heterocycles. The van der Waals surface area contributed by atoms with Gasteiger partial charge in [0.2, 0.25) is 6.33 Å². The molecule has 0 spiro atoms. The highest BCUT2D eigenvalue weighted by Crippen LogP contribution is 2.16. The highest BCUT2D eigenvalue weighted by Gasteiger charge is 2.43. The summed E-state index contributed by atoms with van der Waals surface area (Å²) < 4.78 is 18.0. The van der Waals surface area contributed by atoms with Crippen molar-refractivity contribution >= 4 is 43.3 Å². The summed E-state index contributed by atoms with van der Waals surface area (Å²) in [6.07, 6.45) is 17.8. The van der Waals surface area contributed by atoms with Gasteiger partial charge in [0, 0.05) is 39.7 Å². The standard InChI is InChI=1S/C16H21BN8S3/c1-18-5-9-22(13-18)17(23-10-6-19(2)14(23)26,24-11-7-20(3)15(24)27)25-12-8-21(4)16(25)28/h5-13H,1-4H3. The van der Waals surface area contributed by atoms with Crippen molar-refractivity contribution in [1.29, 1.82) is 0 Å². The fourth-order valence-electron chi connectivity index (χ4n) is 3.74. The van der Waals surface area contributed by atoms with E-state index in [0.29, 0.717) is 14.3 Å². The second kappa shape index (κ2) is 6.57. The first-order valence-corrected chi connectivity index (χ1v) is 9.92. The molecule has 0 aliphatic carbocycles. The molecule has 4 aromatic heterocycles. The summed E-state index contributed by atoms with van der Waals surface area (Å²) in [4.78, 5) is 0. The van der Waals surface area contributed by atoms with E-state index < -0.39 is 6.69 Å². The van der Waals surface area contributed by atoms with Crippen molar-refractivity contribution in [2.45, 2.75) is 0 Å². The van der Waals surface area contributed by atoms with Crippen LogP contribution in [-0.4, -0.2) is 38.4 Å². The van der Waals surface area contributed by atoms with Gasteiger partial charge in [-0.25, -0.2) is 4.57 Å². The van der Waals surface area contributed by atoms with Crippen LogP contribution in [0.1, 0.15) is 0 Å². The van der Waals surface area contributed by atoms with Crippen molar-refractivity contribution in [1.82, 2.24) is 31.7 Å². The third-order valence-electron chi connectivity index (χ3n) is 5.23. The Morgan fingerprint density at radius 2 is 1.04 bits per heavy atom. The molecule has 4 rings (SSSR count). The van der Waals surface area contributed by atoms with Gasteiger partial charge in [0.15, 0.2) is 0 Å². The van der Waals surface area contributed by atoms with Crippen LogP contribution in [0.15, 0.2) is 55.9 Å². The van der Waals surface area contributed by atoms with Crippen molar-refractivity contribution < 1.29 is 4.48 Å². The molecule has 0 amide bonds. The minimum absolute atomic E-state index is 0.660. The van der Waals surface area contributed by atoms with Gasteiger partial charge >= 0.3 is 6.69 Å². The topological polar surface area (TPSA) is 38.4 Å². The Morgan fingerprint density at radius 3 is 1.29 bits per heavy atom. The van der Waals surface area contributed by atoms with Gasteiger partial charge in [-0.3, -0.25) is 0 Å². The van der Waals surface area contributed by atoms with Crippen molar-refractivity contribution in [2.75, 3.05) is 0 Å². The molecule has 0 saturated heterocycles. The lowest BCUT2D eigenvalue weighted by Crippen LogP contribution is -2.78. The quantitative estimate of drug-likeness (QED) is 0.365. The Morgan fingerprint density at radius 1 is 0.643 bits per heavy atom. The maximum absolute atomic E-state index is 5.79. The molecule has 0 bridgehead atoms. The highest BCUT2D eigenvalue weighted by molar-refractivity contribution is 7.71. The SMILES string of the molecule is Cn1cc[n+]([B-](n2ccn(C)c2=S)(n2ccn(C)c2=S)n2ccn(C)c2=S)c1. The van der Waals surface area contributed by atoms with Crippen molar-refractivity contribution in [3.05, 3.63) is 70.2 Å². The molecule has 0 aromatic carbocycles. The summed E-state index contributed by atoms with van der Waals surface area (Å²) in [5, 5.41) is 0. The van der Waals surface area contributed by atoms with Gasteiger partial charge in [0.25, 0.3) is 0 Å². The zero-order chi connectivity index (χ0) is 20.2. The van der Waals surface area contributed by atoms with Gasteiger partial charge in [0.05, 0.1) is 13.2 Å². The van der Waals surface area contributed by atoms with Crippen LogP contribution >= 0.6 is 36.7 Å². The zero-order valence-electron chi connectivity index (χ0n) is 16.1. The number of nitrogens with zero attached hydrogens (tertiary/aromatic N) is 8. The molecule has 0 aliphatic heterocycles. The fraction of sp³-hybridized carbons (Fsp3) is 0.250. The average molecular weight is 432 g/mol. The van der Waals surface area contributed by atoms with Gasteiger partial charge in [-0.2, -0.15) is 0 Å². The van der Waals surface area contributed by atoms with E-state index >= 15 is 0 Å². The number of aromatic nitrogens is 8. The molecule has 8 nitrogen and oxygen atoms in total. The van der Waals surface area contributed by atoms with Crippen LogP contribution in [0.5, 0.6) is 0 Å². The van der Waals surface area contributed by atoms with Gasteiger partial charge in [-0.1, -0.05) is 0 Å². The third kappa shape index (κ3) is 2.48. The number of hydrogen-bond acceptors (Lipinski definition) is 3. The molecular weight excluding hydrogens is 411 g/mol. The number of hydrogen-bond donors (Lipinski definition) is 0. The summed E-state index contributed by atoms with van der Waals surface area (Å²) >= 11 is 17.4. The van der Waals surface area contributed by atoms with Gasteiger partial charge < -0.3 is 31.6 Å². The Balaban J connectivity index is 2.28. The summed E-state index contributed by atoms with van der Waals surface area (Å²) in [6.45, 7) is -1.94. The summed E-state index contributed by atoms with van der Waals surface area (Å²) in [5.41, 5.74) is 0. The van der Waals surface area contributed by atoms with E-state index in [9.17, 15) is 0 Å². The minimum Gasteiger partial charge on any atom is -0.418 e. The first kappa shape index (κ1) is 18.9. The van der Waals surface area contributed by atoms with Crippen molar-refractivity contribution in [3.8, 4) is 0 Å². The van der Waals surface area contributed by atoms with Gasteiger partial charge in [0.1, 0.15) is 20.5 Å². The van der Waals surface area contributed by atoms with Crippen LogP contribution in [0.25, 0.3) is 0 Å². The molecule has 12 heteroatoms. The van der Waals surface area contributed by atoms with E-state index in [-0.39, 0.29) is 0 Å². The predicted octanol–water partition coefficient (Wildman–Crippen LogP) is 1.85. The molecule has 4 aromatic rings. The second-order valence-electron chi connectivity index (χ2n) is 7.02. The highest BCUT2D eigenvalue weighted by atomic mass is 32.1. The van der Waals surface area contributed by atoms with Gasteiger partial charge in [-0.15, -0.1) is 0 Å². The Labute approximate surface area is 177 Å². The van der Waals surface area contributed by atoms with Crippen LogP contribution in [0.4, 0.5) is 0 Å². The second-order valence-corrected chi connectivity index (χ2v) is 8.11. The fourth-order valence-corrected chi connectivity index (χ4v) is 4.53. The van der Waals surface area contributed by atoms with E-state index in [4.69, 9.17) is 36.7 Å². The van der Waals surface area contributed by atoms with Crippen molar-refractivity contribution in [2.24, 2.45) is 28.2 Å². The molecule has 0 radical (unpaired) electrons. The van der Waals surface area contributed by atoms with Gasteiger partial charge in [-0.05, 0) is 55.2 Å². The monoisotopic (exact) mass is 432 g/mol. The molecule has 0 unspecified atom stereocenters. The lowest BCUT2D eigenvalue weighted by molar-refractivity contribution is -0.555. The van der Waals surface area contributed by atoms with Crippen LogP contribution in [0.2, 0.25) is 0 Å². The number of rotatable bonds is 4. The van der Waals surface area contributed by atoms with Crippen LogP contribution in [0.3, 0.4) is 0 Å². The molecule has 0 saturated carbocycles. The smallest absolute Gasteiger partial charge is 0.418 e. The Kier molecular flexibility index (Phi) is 4.44. The maximum Gasteiger partial charge on any atom is 0.509 e. The molecule has 28 heavy (non-hydrogen) atoms. The number of aryl methyl sites for hydroxylation is 4. The predicted molar refractivity (Wildman–Crippen MR) is 116 cm³/mol. The summed E-state index contributed by atoms with van der Waals surface area (Å²) in [6, 6.07) is 0. The van der Waals surface area contributed by atoms with Crippen LogP contribution in [-0.2, 0) is 28.2 Å². The lowest BCUT2D eigenvalue weighted by atomic mass is 9.72. The minimum atomic E-state index is -1.94. The van der Waals surface area contributed by atoms with E-state index in [2.05, 4.69) is 17.9 Å². The van der Waals surface area contributed by atoms with E-state index in [0.717, 1.165) is 0 Å². The average Bonchev–Trinajstić information content (AvgIpc) is 3.41. The Hall–Kier alpha value is -2.44. The molecule has 146 valence electrons. The van der Waals surface area contributed by atoms with Crippen molar-refractivity contribution in [3.63, 3.8) is 0 Å². The molecular formula is C16H21BN8S3. The molecule has 0 fully saturated rings. The number of imidazole rings is 4. The first-order valence-electron chi connectivity index (χ1n) is 8.69. The Bertz CT molecular complexity index is 1210. The lowest BCUT2D eigenvalue weighted by Gasteiger charge is -2.40. The van der Waals surface area contributed by atoms with E-state index in [1.165, 1.54) is 0 Å². The summed E-state index contributed by atoms with van der Waals surface area (Å²) in [5.74, 6) is 0. The molecule has 0 aliphatic rings. The third-order valence-corrected chi connectivity index (χ3v) is 6.73. The zero-order valence-corrected chi connectivity index (χ0v) is 18.5. The van der Waals surface area contributed by atoms with Crippen LogP contribution < -0.4 is 4.48 Å². The summed E-state index contributed by atoms with van der Waals surface area (Å²) in [7, 11) is 7.79. The first-order chi connectivity index (χ1) is 13.3.